The first kappa shape index (κ1) is 15.8. The smallest absolute Gasteiger partial charge is 0.339 e. The minimum Gasteiger partial charge on any atom is -0.465 e. The Morgan fingerprint density at radius 3 is 2.38 bits per heavy atom. The van der Waals surface area contributed by atoms with Gasteiger partial charge in [0.15, 0.2) is 5.78 Å². The lowest BCUT2D eigenvalue weighted by atomic mass is 10.0. The van der Waals surface area contributed by atoms with Crippen molar-refractivity contribution < 1.29 is 14.3 Å². The Kier molecular flexibility index (Phi) is 4.83. The normalized spacial score (nSPS) is 17.5. The van der Waals surface area contributed by atoms with E-state index in [1.807, 2.05) is 6.92 Å². The van der Waals surface area contributed by atoms with Crippen molar-refractivity contribution in [2.75, 3.05) is 20.2 Å². The fourth-order valence-corrected chi connectivity index (χ4v) is 3.09. The Bertz CT molecular complexity index is 542. The predicted molar refractivity (Wildman–Crippen MR) is 80.8 cm³/mol. The molecule has 1 fully saturated rings. The summed E-state index contributed by atoms with van der Waals surface area (Å²) in [7, 11) is 1.35. The van der Waals surface area contributed by atoms with Crippen molar-refractivity contribution in [2.45, 2.75) is 46.1 Å². The molecule has 0 saturated carbocycles. The van der Waals surface area contributed by atoms with Gasteiger partial charge in [-0.3, -0.25) is 9.69 Å². The molecule has 5 heteroatoms. The molecule has 1 aliphatic rings. The van der Waals surface area contributed by atoms with Gasteiger partial charge in [-0.25, -0.2) is 4.79 Å². The number of carbonyl (C=O) groups excluding carboxylic acids is 2. The lowest BCUT2D eigenvalue weighted by Gasteiger charge is -2.31. The number of aromatic nitrogens is 1. The highest BCUT2D eigenvalue weighted by atomic mass is 16.5. The zero-order valence-electron chi connectivity index (χ0n) is 13.3. The van der Waals surface area contributed by atoms with Gasteiger partial charge in [0.05, 0.1) is 24.4 Å². The molecule has 0 amide bonds. The van der Waals surface area contributed by atoms with E-state index in [1.165, 1.54) is 13.5 Å². The Labute approximate surface area is 125 Å². The Morgan fingerprint density at radius 1 is 1.19 bits per heavy atom. The molecule has 0 aromatic carbocycles. The van der Waals surface area contributed by atoms with Crippen LogP contribution in [0.15, 0.2) is 0 Å². The van der Waals surface area contributed by atoms with E-state index in [4.69, 9.17) is 4.74 Å². The molecule has 21 heavy (non-hydrogen) atoms. The fraction of sp³-hybridized carbons (Fsp3) is 0.625. The molecule has 1 aliphatic heterocycles. The van der Waals surface area contributed by atoms with Crippen LogP contribution in [0.4, 0.5) is 0 Å². The van der Waals surface area contributed by atoms with Crippen LogP contribution in [0.1, 0.15) is 58.3 Å². The van der Waals surface area contributed by atoms with E-state index in [9.17, 15) is 9.59 Å². The summed E-state index contributed by atoms with van der Waals surface area (Å²) >= 11 is 0. The zero-order chi connectivity index (χ0) is 15.6. The minimum atomic E-state index is -0.397. The lowest BCUT2D eigenvalue weighted by molar-refractivity contribution is 0.0599. The average Bonchev–Trinajstić information content (AvgIpc) is 2.80. The summed E-state index contributed by atoms with van der Waals surface area (Å²) in [6.45, 7) is 7.47. The third kappa shape index (κ3) is 3.02. The van der Waals surface area contributed by atoms with Gasteiger partial charge < -0.3 is 9.72 Å². The quantitative estimate of drug-likeness (QED) is 0.684. The number of Topliss-reactive ketones (excluding diaryl/α,β-unsaturated/α-hetero) is 1. The first-order valence-corrected chi connectivity index (χ1v) is 7.53. The topological polar surface area (TPSA) is 62.4 Å². The molecule has 5 nitrogen and oxygen atoms in total. The van der Waals surface area contributed by atoms with E-state index >= 15 is 0 Å². The third-order valence-corrected chi connectivity index (χ3v) is 4.39. The molecule has 1 aromatic heterocycles. The van der Waals surface area contributed by atoms with Gasteiger partial charge in [-0.05, 0) is 52.3 Å². The van der Waals surface area contributed by atoms with Gasteiger partial charge in [0.2, 0.25) is 0 Å². The lowest BCUT2D eigenvalue weighted by Crippen LogP contribution is -2.42. The highest BCUT2D eigenvalue weighted by Gasteiger charge is 2.28. The summed E-state index contributed by atoms with van der Waals surface area (Å²) < 4.78 is 4.79. The number of ketones is 1. The van der Waals surface area contributed by atoms with Gasteiger partial charge in [0.25, 0.3) is 0 Å². The predicted octanol–water partition coefficient (Wildman–Crippen LogP) is 2.48. The maximum absolute atomic E-state index is 12.7. The number of ether oxygens (including phenoxy) is 1. The maximum Gasteiger partial charge on any atom is 0.339 e. The fourth-order valence-electron chi connectivity index (χ4n) is 3.09. The van der Waals surface area contributed by atoms with Crippen LogP contribution in [0.3, 0.4) is 0 Å². The summed E-state index contributed by atoms with van der Waals surface area (Å²) in [5.74, 6) is -0.349. The number of likely N-dealkylation sites (tertiary alicyclic amines) is 1. The first-order chi connectivity index (χ1) is 9.97. The van der Waals surface area contributed by atoms with Crippen LogP contribution in [0.25, 0.3) is 0 Å². The molecule has 1 N–H and O–H groups in total. The van der Waals surface area contributed by atoms with Crippen LogP contribution in [-0.4, -0.2) is 47.9 Å². The molecular formula is C16H24N2O3. The molecule has 0 bridgehead atoms. The molecule has 0 aliphatic carbocycles. The van der Waals surface area contributed by atoms with E-state index in [-0.39, 0.29) is 11.8 Å². The molecule has 1 atom stereocenters. The minimum absolute atomic E-state index is 0.0488. The largest absolute Gasteiger partial charge is 0.465 e. The van der Waals surface area contributed by atoms with Crippen LogP contribution in [-0.2, 0) is 4.74 Å². The molecule has 2 heterocycles. The van der Waals surface area contributed by atoms with Crippen molar-refractivity contribution in [2.24, 2.45) is 0 Å². The van der Waals surface area contributed by atoms with Crippen LogP contribution in [0, 0.1) is 13.8 Å². The number of piperidine rings is 1. The number of aromatic amines is 1. The molecule has 1 aromatic rings. The van der Waals surface area contributed by atoms with Gasteiger partial charge in [-0.15, -0.1) is 0 Å². The van der Waals surface area contributed by atoms with Gasteiger partial charge in [0, 0.05) is 5.69 Å². The molecule has 0 spiro atoms. The summed E-state index contributed by atoms with van der Waals surface area (Å²) in [6.07, 6.45) is 3.53. The molecule has 116 valence electrons. The highest BCUT2D eigenvalue weighted by molar-refractivity contribution is 6.03. The molecule has 1 unspecified atom stereocenters. The van der Waals surface area contributed by atoms with E-state index in [0.717, 1.165) is 25.9 Å². The highest BCUT2D eigenvalue weighted by Crippen LogP contribution is 2.22. The van der Waals surface area contributed by atoms with E-state index < -0.39 is 5.97 Å². The van der Waals surface area contributed by atoms with Crippen LogP contribution < -0.4 is 0 Å². The van der Waals surface area contributed by atoms with Gasteiger partial charge in [0.1, 0.15) is 0 Å². The zero-order valence-corrected chi connectivity index (χ0v) is 13.3. The van der Waals surface area contributed by atoms with Crippen molar-refractivity contribution in [1.29, 1.82) is 0 Å². The number of methoxy groups -OCH3 is 1. The number of nitrogens with one attached hydrogen (secondary N) is 1. The van der Waals surface area contributed by atoms with Gasteiger partial charge in [-0.1, -0.05) is 6.42 Å². The average molecular weight is 292 g/mol. The van der Waals surface area contributed by atoms with E-state index in [0.29, 0.717) is 22.5 Å². The Balaban J connectivity index is 2.25. The summed E-state index contributed by atoms with van der Waals surface area (Å²) in [5, 5.41) is 0. The first-order valence-electron chi connectivity index (χ1n) is 7.53. The van der Waals surface area contributed by atoms with Crippen molar-refractivity contribution >= 4 is 11.8 Å². The number of hydrogen-bond acceptors (Lipinski definition) is 4. The van der Waals surface area contributed by atoms with Gasteiger partial charge >= 0.3 is 5.97 Å². The van der Waals surface area contributed by atoms with Crippen molar-refractivity contribution in [3.8, 4) is 0 Å². The third-order valence-electron chi connectivity index (χ3n) is 4.39. The summed E-state index contributed by atoms with van der Waals surface area (Å²) in [4.78, 5) is 29.8. The van der Waals surface area contributed by atoms with Crippen molar-refractivity contribution in [3.63, 3.8) is 0 Å². The van der Waals surface area contributed by atoms with Crippen LogP contribution in [0.5, 0.6) is 0 Å². The van der Waals surface area contributed by atoms with E-state index in [1.54, 1.807) is 13.8 Å². The number of carbonyl (C=O) groups is 2. The molecule has 1 saturated heterocycles. The SMILES string of the molecule is COC(=O)c1c(C)[nH]c(C(=O)C(C)N2CCCCC2)c1C. The number of H-pyrrole nitrogens is 1. The summed E-state index contributed by atoms with van der Waals surface area (Å²) in [5.41, 5.74) is 2.39. The number of hydrogen-bond donors (Lipinski definition) is 1. The Hall–Kier alpha value is -1.62. The monoisotopic (exact) mass is 292 g/mol. The number of nitrogens with zero attached hydrogens (tertiary/aromatic N) is 1. The van der Waals surface area contributed by atoms with E-state index in [2.05, 4.69) is 9.88 Å². The van der Waals surface area contributed by atoms with Crippen molar-refractivity contribution in [3.05, 3.63) is 22.5 Å². The Morgan fingerprint density at radius 2 is 1.81 bits per heavy atom. The standard InChI is InChI=1S/C16H24N2O3/c1-10-13(16(20)21-4)11(2)17-14(10)15(19)12(3)18-8-6-5-7-9-18/h12,17H,5-9H2,1-4H3. The molecule has 0 radical (unpaired) electrons. The van der Waals surface area contributed by atoms with Gasteiger partial charge in [-0.2, -0.15) is 0 Å². The number of rotatable bonds is 4. The summed E-state index contributed by atoms with van der Waals surface area (Å²) in [6, 6.07) is -0.160. The van der Waals surface area contributed by atoms with Crippen molar-refractivity contribution in [1.82, 2.24) is 9.88 Å². The number of esters is 1. The van der Waals surface area contributed by atoms with Crippen LogP contribution >= 0.6 is 0 Å². The number of aryl methyl sites for hydroxylation is 1. The second-order valence-corrected chi connectivity index (χ2v) is 5.75. The molecular weight excluding hydrogens is 268 g/mol. The second-order valence-electron chi connectivity index (χ2n) is 5.75. The second kappa shape index (κ2) is 6.43. The molecule has 2 rings (SSSR count). The maximum atomic E-state index is 12.7. The van der Waals surface area contributed by atoms with Crippen LogP contribution in [0.2, 0.25) is 0 Å².